The van der Waals surface area contributed by atoms with Gasteiger partial charge >= 0.3 is 5.97 Å². The quantitative estimate of drug-likeness (QED) is 0.792. The van der Waals surface area contributed by atoms with Crippen LogP contribution >= 0.6 is 11.8 Å². The Balaban J connectivity index is 1.73. The molecule has 0 aromatic heterocycles. The lowest BCUT2D eigenvalue weighted by Gasteiger charge is -2.67. The highest BCUT2D eigenvalue weighted by atomic mass is 32.2. The number of ketones is 1. The molecule has 0 aromatic carbocycles. The lowest BCUT2D eigenvalue weighted by molar-refractivity contribution is -0.202. The van der Waals surface area contributed by atoms with E-state index in [1.54, 1.807) is 0 Å². The van der Waals surface area contributed by atoms with Crippen LogP contribution < -0.4 is 0 Å². The van der Waals surface area contributed by atoms with Crippen LogP contribution in [-0.4, -0.2) is 28.9 Å². The van der Waals surface area contributed by atoms with Crippen molar-refractivity contribution in [3.8, 4) is 0 Å². The number of fused-ring (bicyclic) bond motifs is 3. The summed E-state index contributed by atoms with van der Waals surface area (Å²) in [6.07, 6.45) is 10.3. The smallest absolute Gasteiger partial charge is 0.309 e. The first-order valence-electron chi connectivity index (χ1n) is 10.1. The standard InChI is InChI=1S/C21H32O3S/c1-19-7-4-8-20(2,18(23)24)15(19)6-10-21-9-5-13(11-16(19)21)14(12-25-3)17(21)22/h13-16H,4-12H2,1-3H3,(H,23,24)/t13-,14-,15-,16?,19+,20+,21-/m0/s1. The predicted molar refractivity (Wildman–Crippen MR) is 101 cm³/mol. The van der Waals surface area contributed by atoms with Gasteiger partial charge in [-0.15, -0.1) is 0 Å². The van der Waals surface area contributed by atoms with E-state index in [-0.39, 0.29) is 22.7 Å². The lowest BCUT2D eigenvalue weighted by atomic mass is 9.36. The summed E-state index contributed by atoms with van der Waals surface area (Å²) in [5.41, 5.74) is -0.702. The van der Waals surface area contributed by atoms with E-state index in [1.165, 1.54) is 12.8 Å². The summed E-state index contributed by atoms with van der Waals surface area (Å²) >= 11 is 1.81. The fourth-order valence-corrected chi connectivity index (χ4v) is 8.64. The highest BCUT2D eigenvalue weighted by Gasteiger charge is 2.68. The van der Waals surface area contributed by atoms with E-state index in [9.17, 15) is 14.7 Å². The number of thioether (sulfide) groups is 1. The van der Waals surface area contributed by atoms with Gasteiger partial charge in [0.2, 0.25) is 0 Å². The number of carboxylic acids is 1. The predicted octanol–water partition coefficient (Wildman–Crippen LogP) is 4.64. The first-order valence-corrected chi connectivity index (χ1v) is 11.5. The normalized spacial score (nSPS) is 51.7. The fourth-order valence-electron chi connectivity index (χ4n) is 7.86. The van der Waals surface area contributed by atoms with Crippen molar-refractivity contribution in [1.29, 1.82) is 0 Å². The zero-order chi connectivity index (χ0) is 18.0. The highest BCUT2D eigenvalue weighted by molar-refractivity contribution is 7.98. The molecule has 0 heterocycles. The number of hydrogen-bond donors (Lipinski definition) is 1. The van der Waals surface area contributed by atoms with E-state index >= 15 is 0 Å². The van der Waals surface area contributed by atoms with Gasteiger partial charge in [0.15, 0.2) is 0 Å². The highest BCUT2D eigenvalue weighted by Crippen LogP contribution is 2.71. The van der Waals surface area contributed by atoms with Gasteiger partial charge in [-0.3, -0.25) is 9.59 Å². The van der Waals surface area contributed by atoms with Crippen molar-refractivity contribution in [2.45, 2.75) is 65.2 Å². The third kappa shape index (κ3) is 2.18. The van der Waals surface area contributed by atoms with E-state index in [1.807, 2.05) is 18.7 Å². The molecule has 5 fully saturated rings. The molecule has 0 amide bonds. The number of Topliss-reactive ketones (excluding diaryl/α,β-unsaturated/α-hetero) is 1. The van der Waals surface area contributed by atoms with Gasteiger partial charge in [-0.05, 0) is 81.3 Å². The molecule has 0 radical (unpaired) electrons. The Labute approximate surface area is 155 Å². The molecule has 5 aliphatic rings. The molecule has 4 heteroatoms. The molecule has 1 unspecified atom stereocenters. The minimum absolute atomic E-state index is 0.0301. The van der Waals surface area contributed by atoms with Gasteiger partial charge in [0.25, 0.3) is 0 Å². The van der Waals surface area contributed by atoms with Crippen LogP contribution in [0.4, 0.5) is 0 Å². The number of carbonyl (C=O) groups is 2. The molecule has 3 nitrogen and oxygen atoms in total. The molecule has 0 aromatic rings. The van der Waals surface area contributed by atoms with Gasteiger partial charge < -0.3 is 5.11 Å². The molecule has 1 spiro atoms. The first-order chi connectivity index (χ1) is 11.8. The summed E-state index contributed by atoms with van der Waals surface area (Å²) in [5.74, 6) is 2.36. The van der Waals surface area contributed by atoms with E-state index in [2.05, 4.69) is 13.2 Å². The average Bonchev–Trinajstić information content (AvgIpc) is 2.57. The van der Waals surface area contributed by atoms with Crippen LogP contribution in [0.15, 0.2) is 0 Å². The van der Waals surface area contributed by atoms with Crippen LogP contribution in [0.5, 0.6) is 0 Å². The van der Waals surface area contributed by atoms with E-state index in [0.717, 1.165) is 44.3 Å². The van der Waals surface area contributed by atoms with Crippen LogP contribution in [-0.2, 0) is 9.59 Å². The van der Waals surface area contributed by atoms with Gasteiger partial charge in [0.05, 0.1) is 5.41 Å². The van der Waals surface area contributed by atoms with Crippen molar-refractivity contribution in [1.82, 2.24) is 0 Å². The van der Waals surface area contributed by atoms with Crippen molar-refractivity contribution in [2.75, 3.05) is 12.0 Å². The molecule has 1 N–H and O–H groups in total. The summed E-state index contributed by atoms with van der Waals surface area (Å²) in [4.78, 5) is 25.6. The topological polar surface area (TPSA) is 54.4 Å². The Morgan fingerprint density at radius 1 is 1.16 bits per heavy atom. The second kappa shape index (κ2) is 5.74. The van der Waals surface area contributed by atoms with Crippen molar-refractivity contribution in [3.05, 3.63) is 0 Å². The van der Waals surface area contributed by atoms with Gasteiger partial charge in [0.1, 0.15) is 5.78 Å². The average molecular weight is 365 g/mol. The maximum Gasteiger partial charge on any atom is 0.309 e. The number of rotatable bonds is 3. The second-order valence-electron chi connectivity index (χ2n) is 9.84. The summed E-state index contributed by atoms with van der Waals surface area (Å²) in [7, 11) is 0. The van der Waals surface area contributed by atoms with Crippen molar-refractivity contribution >= 4 is 23.5 Å². The molecule has 0 saturated heterocycles. The van der Waals surface area contributed by atoms with Crippen LogP contribution in [0.2, 0.25) is 0 Å². The molecule has 2 bridgehead atoms. The van der Waals surface area contributed by atoms with E-state index < -0.39 is 11.4 Å². The molecule has 140 valence electrons. The van der Waals surface area contributed by atoms with Gasteiger partial charge in [-0.25, -0.2) is 0 Å². The number of hydrogen-bond acceptors (Lipinski definition) is 3. The largest absolute Gasteiger partial charge is 0.481 e. The maximum atomic E-state index is 13.5. The maximum absolute atomic E-state index is 13.5. The molecule has 5 aliphatic carbocycles. The fraction of sp³-hybridized carbons (Fsp3) is 0.905. The third-order valence-electron chi connectivity index (χ3n) is 9.05. The first kappa shape index (κ1) is 17.9. The monoisotopic (exact) mass is 364 g/mol. The van der Waals surface area contributed by atoms with E-state index in [0.29, 0.717) is 17.6 Å². The second-order valence-corrected chi connectivity index (χ2v) is 10.8. The van der Waals surface area contributed by atoms with Crippen molar-refractivity contribution < 1.29 is 14.7 Å². The van der Waals surface area contributed by atoms with Crippen LogP contribution in [0.1, 0.15) is 65.2 Å². The van der Waals surface area contributed by atoms with Crippen molar-refractivity contribution in [2.24, 2.45) is 39.9 Å². The summed E-state index contributed by atoms with van der Waals surface area (Å²) in [6.45, 7) is 4.33. The molecular weight excluding hydrogens is 332 g/mol. The molecule has 5 saturated carbocycles. The molecular formula is C21H32O3S. The van der Waals surface area contributed by atoms with Crippen LogP contribution in [0, 0.1) is 39.9 Å². The zero-order valence-electron chi connectivity index (χ0n) is 15.8. The third-order valence-corrected chi connectivity index (χ3v) is 9.74. The SMILES string of the molecule is CSC[C@@H]1C(=O)[C@]23CC[C@H]1CC2[C@]1(C)CCC[C@@](C)(C(=O)O)[C@H]1CC3. The Kier molecular flexibility index (Phi) is 4.11. The minimum Gasteiger partial charge on any atom is -0.481 e. The van der Waals surface area contributed by atoms with Gasteiger partial charge in [-0.2, -0.15) is 11.8 Å². The molecule has 0 aliphatic heterocycles. The molecule has 5 rings (SSSR count). The number of aliphatic carboxylic acids is 1. The summed E-state index contributed by atoms with van der Waals surface area (Å²) < 4.78 is 0. The Morgan fingerprint density at radius 3 is 2.56 bits per heavy atom. The summed E-state index contributed by atoms with van der Waals surface area (Å²) in [6, 6.07) is 0. The Bertz CT molecular complexity index is 604. The Morgan fingerprint density at radius 2 is 1.88 bits per heavy atom. The number of carbonyl (C=O) groups excluding carboxylic acids is 1. The molecule has 7 atom stereocenters. The van der Waals surface area contributed by atoms with Crippen LogP contribution in [0.3, 0.4) is 0 Å². The zero-order valence-corrected chi connectivity index (χ0v) is 16.7. The van der Waals surface area contributed by atoms with Crippen molar-refractivity contribution in [3.63, 3.8) is 0 Å². The summed E-state index contributed by atoms with van der Waals surface area (Å²) in [5, 5.41) is 9.97. The van der Waals surface area contributed by atoms with E-state index in [4.69, 9.17) is 0 Å². The van der Waals surface area contributed by atoms with Gasteiger partial charge in [-0.1, -0.05) is 13.3 Å². The molecule has 25 heavy (non-hydrogen) atoms. The lowest BCUT2D eigenvalue weighted by Crippen LogP contribution is -2.65. The van der Waals surface area contributed by atoms with Gasteiger partial charge in [0, 0.05) is 17.1 Å². The minimum atomic E-state index is -0.619. The van der Waals surface area contributed by atoms with Crippen LogP contribution in [0.25, 0.3) is 0 Å². The number of carboxylic acid groups (broad SMARTS) is 1. The Hall–Kier alpha value is -0.510.